The predicted molar refractivity (Wildman–Crippen MR) is 80.3 cm³/mol. The van der Waals surface area contributed by atoms with Gasteiger partial charge in [0, 0.05) is 11.6 Å². The van der Waals surface area contributed by atoms with E-state index in [2.05, 4.69) is 12.2 Å². The van der Waals surface area contributed by atoms with Crippen molar-refractivity contribution in [1.82, 2.24) is 10.2 Å². The maximum Gasteiger partial charge on any atom is 0.234 e. The Kier molecular flexibility index (Phi) is 4.75. The van der Waals surface area contributed by atoms with Crippen LogP contribution in [0.2, 0.25) is 0 Å². The Morgan fingerprint density at radius 2 is 2.10 bits per heavy atom. The topological polar surface area (TPSA) is 52.6 Å². The summed E-state index contributed by atoms with van der Waals surface area (Å²) in [6.07, 6.45) is 5.43. The van der Waals surface area contributed by atoms with Gasteiger partial charge in [0.15, 0.2) is 0 Å². The van der Waals surface area contributed by atoms with Crippen molar-refractivity contribution in [2.75, 3.05) is 20.2 Å². The summed E-state index contributed by atoms with van der Waals surface area (Å²) in [5.74, 6) is 2.50. The second-order valence-electron chi connectivity index (χ2n) is 7.52. The van der Waals surface area contributed by atoms with Gasteiger partial charge in [0.2, 0.25) is 5.91 Å². The van der Waals surface area contributed by atoms with E-state index in [0.29, 0.717) is 12.5 Å². The van der Waals surface area contributed by atoms with Crippen molar-refractivity contribution >= 4 is 5.91 Å². The number of hydrogen-bond donors (Lipinski definition) is 2. The summed E-state index contributed by atoms with van der Waals surface area (Å²) in [5.41, 5.74) is -0.354. The van der Waals surface area contributed by atoms with E-state index in [9.17, 15) is 9.90 Å². The van der Waals surface area contributed by atoms with Gasteiger partial charge in [-0.05, 0) is 64.8 Å². The van der Waals surface area contributed by atoms with Gasteiger partial charge >= 0.3 is 0 Å². The summed E-state index contributed by atoms with van der Waals surface area (Å²) in [7, 11) is 1.89. The summed E-state index contributed by atoms with van der Waals surface area (Å²) in [6, 6.07) is 0.281. The summed E-state index contributed by atoms with van der Waals surface area (Å²) in [6.45, 7) is 6.44. The fourth-order valence-corrected chi connectivity index (χ4v) is 3.86. The highest BCUT2D eigenvalue weighted by Crippen LogP contribution is 2.49. The smallest absolute Gasteiger partial charge is 0.234 e. The van der Waals surface area contributed by atoms with Crippen LogP contribution in [0.1, 0.15) is 46.5 Å². The first-order chi connectivity index (χ1) is 9.33. The average molecular weight is 282 g/mol. The largest absolute Gasteiger partial charge is 0.394 e. The molecule has 2 bridgehead atoms. The van der Waals surface area contributed by atoms with Gasteiger partial charge in [0.25, 0.3) is 0 Å². The van der Waals surface area contributed by atoms with Crippen molar-refractivity contribution in [2.24, 2.45) is 17.8 Å². The van der Waals surface area contributed by atoms with Crippen LogP contribution in [0.3, 0.4) is 0 Å². The van der Waals surface area contributed by atoms with E-state index >= 15 is 0 Å². The maximum absolute atomic E-state index is 12.2. The van der Waals surface area contributed by atoms with Crippen LogP contribution in [0.5, 0.6) is 0 Å². The van der Waals surface area contributed by atoms with Gasteiger partial charge in [0.05, 0.1) is 13.2 Å². The Balaban J connectivity index is 1.79. The fourth-order valence-electron chi connectivity index (χ4n) is 3.86. The molecule has 0 aromatic rings. The highest BCUT2D eigenvalue weighted by Gasteiger charge is 2.42. The molecule has 0 spiro atoms. The highest BCUT2D eigenvalue weighted by atomic mass is 16.3. The van der Waals surface area contributed by atoms with Gasteiger partial charge in [-0.3, -0.25) is 9.69 Å². The predicted octanol–water partition coefficient (Wildman–Crippen LogP) is 1.63. The molecule has 2 aliphatic rings. The minimum atomic E-state index is -0.354. The first-order valence-corrected chi connectivity index (χ1v) is 7.95. The molecule has 0 saturated heterocycles. The molecule has 116 valence electrons. The molecule has 0 aliphatic heterocycles. The Hall–Kier alpha value is -0.610. The minimum absolute atomic E-state index is 0.0543. The Morgan fingerprint density at radius 1 is 1.40 bits per heavy atom. The third kappa shape index (κ3) is 3.34. The van der Waals surface area contributed by atoms with Crippen molar-refractivity contribution in [3.8, 4) is 0 Å². The molecule has 2 saturated carbocycles. The monoisotopic (exact) mass is 282 g/mol. The highest BCUT2D eigenvalue weighted by molar-refractivity contribution is 5.78. The number of nitrogens with one attached hydrogen (secondary N) is 1. The van der Waals surface area contributed by atoms with Crippen molar-refractivity contribution in [3.05, 3.63) is 0 Å². The number of carbonyl (C=O) groups excluding carboxylic acids is 1. The standard InChI is InChI=1S/C16H30N2O2/c1-11(14-8-12-5-6-13(14)7-12)17-15(20)9-18(4)16(2,3)10-19/h11-14,19H,5-10H2,1-4H3,(H,17,20). The van der Waals surface area contributed by atoms with Crippen molar-refractivity contribution in [3.63, 3.8) is 0 Å². The van der Waals surface area contributed by atoms with Crippen LogP contribution < -0.4 is 5.32 Å². The average Bonchev–Trinajstić information content (AvgIpc) is 3.00. The van der Waals surface area contributed by atoms with Gasteiger partial charge in [-0.2, -0.15) is 0 Å². The lowest BCUT2D eigenvalue weighted by Crippen LogP contribution is -2.51. The third-order valence-corrected chi connectivity index (χ3v) is 5.62. The first-order valence-electron chi connectivity index (χ1n) is 7.95. The lowest BCUT2D eigenvalue weighted by Gasteiger charge is -2.34. The minimum Gasteiger partial charge on any atom is -0.394 e. The number of carbonyl (C=O) groups is 1. The zero-order chi connectivity index (χ0) is 14.9. The maximum atomic E-state index is 12.2. The van der Waals surface area contributed by atoms with Crippen LogP contribution in [-0.4, -0.2) is 47.7 Å². The molecule has 2 N–H and O–H groups in total. The second kappa shape index (κ2) is 6.02. The molecular weight excluding hydrogens is 252 g/mol. The number of aliphatic hydroxyl groups excluding tert-OH is 1. The Bertz CT molecular complexity index is 356. The third-order valence-electron chi connectivity index (χ3n) is 5.62. The molecule has 0 aromatic carbocycles. The van der Waals surface area contributed by atoms with E-state index in [1.54, 1.807) is 0 Å². The number of aliphatic hydroxyl groups is 1. The van der Waals surface area contributed by atoms with Crippen LogP contribution in [0.4, 0.5) is 0 Å². The summed E-state index contributed by atoms with van der Waals surface area (Å²) in [5, 5.41) is 12.5. The van der Waals surface area contributed by atoms with Gasteiger partial charge < -0.3 is 10.4 Å². The molecule has 4 heteroatoms. The number of nitrogens with zero attached hydrogens (tertiary/aromatic N) is 1. The Labute approximate surface area is 122 Å². The van der Waals surface area contributed by atoms with E-state index in [1.165, 1.54) is 25.7 Å². The van der Waals surface area contributed by atoms with Crippen molar-refractivity contribution in [1.29, 1.82) is 0 Å². The molecular formula is C16H30N2O2. The van der Waals surface area contributed by atoms with Crippen LogP contribution in [0.25, 0.3) is 0 Å². The second-order valence-corrected chi connectivity index (χ2v) is 7.52. The Morgan fingerprint density at radius 3 is 2.60 bits per heavy atom. The summed E-state index contributed by atoms with van der Waals surface area (Å²) < 4.78 is 0. The van der Waals surface area contributed by atoms with E-state index in [4.69, 9.17) is 0 Å². The lowest BCUT2D eigenvalue weighted by molar-refractivity contribution is -0.124. The number of hydrogen-bond acceptors (Lipinski definition) is 3. The number of rotatable bonds is 6. The van der Waals surface area contributed by atoms with E-state index in [0.717, 1.165) is 11.8 Å². The molecule has 2 fully saturated rings. The van der Waals surface area contributed by atoms with Gasteiger partial charge in [0.1, 0.15) is 0 Å². The molecule has 4 atom stereocenters. The normalized spacial score (nSPS) is 30.8. The van der Waals surface area contributed by atoms with E-state index in [-0.39, 0.29) is 24.1 Å². The molecule has 20 heavy (non-hydrogen) atoms. The molecule has 0 heterocycles. The van der Waals surface area contributed by atoms with Crippen molar-refractivity contribution in [2.45, 2.75) is 58.0 Å². The molecule has 0 aromatic heterocycles. The van der Waals surface area contributed by atoms with Gasteiger partial charge in [-0.15, -0.1) is 0 Å². The van der Waals surface area contributed by atoms with Crippen LogP contribution in [-0.2, 0) is 4.79 Å². The zero-order valence-electron chi connectivity index (χ0n) is 13.4. The molecule has 4 nitrogen and oxygen atoms in total. The van der Waals surface area contributed by atoms with Gasteiger partial charge in [-0.1, -0.05) is 6.42 Å². The van der Waals surface area contributed by atoms with Crippen LogP contribution in [0, 0.1) is 17.8 Å². The molecule has 4 unspecified atom stereocenters. The summed E-state index contributed by atoms with van der Waals surface area (Å²) in [4.78, 5) is 14.1. The van der Waals surface area contributed by atoms with E-state index in [1.807, 2.05) is 25.8 Å². The quantitative estimate of drug-likeness (QED) is 0.778. The van der Waals surface area contributed by atoms with E-state index < -0.39 is 0 Å². The lowest BCUT2D eigenvalue weighted by atomic mass is 9.84. The number of likely N-dealkylation sites (N-methyl/N-ethyl adjacent to an activating group) is 1. The van der Waals surface area contributed by atoms with Crippen LogP contribution >= 0.6 is 0 Å². The summed E-state index contributed by atoms with van der Waals surface area (Å²) >= 11 is 0. The van der Waals surface area contributed by atoms with Gasteiger partial charge in [-0.25, -0.2) is 0 Å². The molecule has 0 radical (unpaired) electrons. The molecule has 2 aliphatic carbocycles. The number of fused-ring (bicyclic) bond motifs is 2. The SMILES string of the molecule is CC(NC(=O)CN(C)C(C)(C)CO)C1CC2CCC1C2. The fraction of sp³-hybridized carbons (Fsp3) is 0.938. The molecule has 1 amide bonds. The zero-order valence-corrected chi connectivity index (χ0v) is 13.4. The molecule has 2 rings (SSSR count). The van der Waals surface area contributed by atoms with Crippen LogP contribution in [0.15, 0.2) is 0 Å². The number of amides is 1. The first kappa shape index (κ1) is 15.8. The van der Waals surface area contributed by atoms with Crippen molar-refractivity contribution < 1.29 is 9.90 Å².